The standard InChI is InChI=1S/C18H30N2O5PS/c1-18(2,3)26(4,22)25-14-8-6-5-7-13-20-17(21)15-9-11-16(12-10-15)27(19,23)24/h9-12H,4-8,13-14H2,1-3H3,(H,20,21)(H2,19,23,24)/q-1. The van der Waals surface area contributed by atoms with Crippen molar-refractivity contribution in [3.8, 4) is 0 Å². The van der Waals surface area contributed by atoms with Crippen LogP contribution >= 0.6 is 7.37 Å². The molecule has 0 spiro atoms. The van der Waals surface area contributed by atoms with Crippen molar-refractivity contribution >= 4 is 23.3 Å². The van der Waals surface area contributed by atoms with Crippen molar-refractivity contribution in [3.05, 3.63) is 36.5 Å². The molecule has 1 aromatic carbocycles. The van der Waals surface area contributed by atoms with Crippen molar-refractivity contribution in [1.29, 1.82) is 0 Å². The number of carbonyl (C=O) groups excluding carboxylic acids is 1. The lowest BCUT2D eigenvalue weighted by Crippen LogP contribution is -2.24. The van der Waals surface area contributed by atoms with Gasteiger partial charge in [-0.15, -0.1) is 0 Å². The van der Waals surface area contributed by atoms with Crippen LogP contribution in [0.4, 0.5) is 0 Å². The molecule has 0 fully saturated rings. The van der Waals surface area contributed by atoms with Gasteiger partial charge in [0.15, 0.2) is 0 Å². The second-order valence-corrected chi connectivity index (χ2v) is 11.9. The summed E-state index contributed by atoms with van der Waals surface area (Å²) in [4.78, 5) is 12.0. The first kappa shape index (κ1) is 23.8. The first-order valence-corrected chi connectivity index (χ1v) is 12.2. The highest BCUT2D eigenvalue weighted by molar-refractivity contribution is 7.89. The normalized spacial score (nSPS) is 14.6. The van der Waals surface area contributed by atoms with Crippen molar-refractivity contribution in [3.63, 3.8) is 0 Å². The Bertz CT molecular complexity index is 770. The van der Waals surface area contributed by atoms with Crippen LogP contribution in [-0.4, -0.2) is 32.6 Å². The van der Waals surface area contributed by atoms with Gasteiger partial charge in [0.05, 0.1) is 18.9 Å². The third kappa shape index (κ3) is 8.13. The van der Waals surface area contributed by atoms with Gasteiger partial charge in [-0.1, -0.05) is 33.6 Å². The number of hydrogen-bond donors (Lipinski definition) is 2. The molecule has 0 aliphatic carbocycles. The molecule has 1 amide bonds. The molecule has 0 aliphatic heterocycles. The van der Waals surface area contributed by atoms with E-state index in [9.17, 15) is 17.8 Å². The summed E-state index contributed by atoms with van der Waals surface area (Å²) in [5, 5.41) is 7.35. The van der Waals surface area contributed by atoms with E-state index in [4.69, 9.17) is 9.66 Å². The van der Waals surface area contributed by atoms with Crippen LogP contribution in [0.15, 0.2) is 29.2 Å². The van der Waals surface area contributed by atoms with Crippen LogP contribution in [0.1, 0.15) is 56.8 Å². The molecule has 0 saturated carbocycles. The third-order valence-electron chi connectivity index (χ3n) is 4.12. The zero-order valence-corrected chi connectivity index (χ0v) is 17.9. The summed E-state index contributed by atoms with van der Waals surface area (Å²) in [6.07, 6.45) is 3.41. The number of hydrogen-bond acceptors (Lipinski definition) is 5. The summed E-state index contributed by atoms with van der Waals surface area (Å²) >= 11 is 0. The highest BCUT2D eigenvalue weighted by atomic mass is 32.2. The number of primary sulfonamides is 1. The summed E-state index contributed by atoms with van der Waals surface area (Å²) < 4.78 is 40.1. The van der Waals surface area contributed by atoms with Gasteiger partial charge in [-0.05, 0) is 37.1 Å². The first-order chi connectivity index (χ1) is 12.3. The van der Waals surface area contributed by atoms with E-state index in [1.165, 1.54) is 24.3 Å². The highest BCUT2D eigenvalue weighted by Crippen LogP contribution is 2.57. The minimum atomic E-state index is -3.76. The molecule has 0 aromatic heterocycles. The summed E-state index contributed by atoms with van der Waals surface area (Å²) in [6.45, 7) is 10.2. The van der Waals surface area contributed by atoms with E-state index in [1.54, 1.807) is 0 Å². The molecular weight excluding hydrogens is 387 g/mol. The van der Waals surface area contributed by atoms with Crippen LogP contribution in [-0.2, 0) is 19.1 Å². The number of nitrogens with one attached hydrogen (secondary N) is 1. The largest absolute Gasteiger partial charge is 0.352 e. The summed E-state index contributed by atoms with van der Waals surface area (Å²) in [5.41, 5.74) is 0.379. The number of amides is 1. The molecular formula is C18H30N2O5PS-. The Morgan fingerprint density at radius 1 is 1.15 bits per heavy atom. The zero-order chi connectivity index (χ0) is 20.7. The second kappa shape index (κ2) is 9.82. The predicted molar refractivity (Wildman–Crippen MR) is 107 cm³/mol. The summed E-state index contributed by atoms with van der Waals surface area (Å²) in [5.74, 6) is -0.262. The SMILES string of the molecule is [CH2-]P(=O)(OCCCCCCNC(=O)c1ccc(S(N)(=O)=O)cc1)C(C)(C)C. The van der Waals surface area contributed by atoms with Crippen LogP contribution in [0.2, 0.25) is 0 Å². The van der Waals surface area contributed by atoms with Gasteiger partial charge in [-0.2, -0.15) is 0 Å². The summed E-state index contributed by atoms with van der Waals surface area (Å²) in [7, 11) is -6.61. The molecule has 0 heterocycles. The molecule has 0 aliphatic rings. The molecule has 0 bridgehead atoms. The average molecular weight is 417 g/mol. The van der Waals surface area contributed by atoms with E-state index in [-0.39, 0.29) is 10.8 Å². The van der Waals surface area contributed by atoms with Gasteiger partial charge in [0.1, 0.15) is 0 Å². The maximum Gasteiger partial charge on any atom is 0.251 e. The van der Waals surface area contributed by atoms with Crippen molar-refractivity contribution in [2.75, 3.05) is 13.2 Å². The predicted octanol–water partition coefficient (Wildman–Crippen LogP) is 3.51. The lowest BCUT2D eigenvalue weighted by atomic mass is 10.2. The van der Waals surface area contributed by atoms with Crippen LogP contribution in [0, 0.1) is 6.66 Å². The van der Waals surface area contributed by atoms with Gasteiger partial charge in [0, 0.05) is 17.3 Å². The van der Waals surface area contributed by atoms with E-state index < -0.39 is 22.5 Å². The van der Waals surface area contributed by atoms with Crippen molar-refractivity contribution in [1.82, 2.24) is 5.32 Å². The molecule has 1 rings (SSSR count). The smallest absolute Gasteiger partial charge is 0.251 e. The van der Waals surface area contributed by atoms with E-state index in [2.05, 4.69) is 12.0 Å². The number of unbranched alkanes of at least 4 members (excludes halogenated alkanes) is 3. The van der Waals surface area contributed by atoms with Gasteiger partial charge in [-0.25, -0.2) is 13.6 Å². The van der Waals surface area contributed by atoms with Gasteiger partial charge >= 0.3 is 0 Å². The Morgan fingerprint density at radius 2 is 1.70 bits per heavy atom. The molecule has 1 atom stereocenters. The molecule has 27 heavy (non-hydrogen) atoms. The number of nitrogens with two attached hydrogens (primary N) is 1. The van der Waals surface area contributed by atoms with E-state index in [1.807, 2.05) is 20.8 Å². The quantitative estimate of drug-likeness (QED) is 0.343. The molecule has 1 unspecified atom stereocenters. The Balaban J connectivity index is 2.22. The lowest BCUT2D eigenvalue weighted by molar-refractivity contribution is 0.0952. The number of benzene rings is 1. The first-order valence-electron chi connectivity index (χ1n) is 8.85. The Hall–Kier alpha value is -1.21. The van der Waals surface area contributed by atoms with Gasteiger partial charge in [0.25, 0.3) is 5.91 Å². The van der Waals surface area contributed by atoms with Gasteiger partial charge in [-0.3, -0.25) is 11.5 Å². The Morgan fingerprint density at radius 3 is 2.22 bits per heavy atom. The number of rotatable bonds is 10. The number of carbonyl (C=O) groups is 1. The third-order valence-corrected chi connectivity index (χ3v) is 7.70. The van der Waals surface area contributed by atoms with Crippen LogP contribution in [0.5, 0.6) is 0 Å². The van der Waals surface area contributed by atoms with Crippen LogP contribution < -0.4 is 10.5 Å². The van der Waals surface area contributed by atoms with Crippen LogP contribution in [0.3, 0.4) is 0 Å². The van der Waals surface area contributed by atoms with Gasteiger partial charge in [0.2, 0.25) is 10.0 Å². The highest BCUT2D eigenvalue weighted by Gasteiger charge is 2.25. The molecule has 0 radical (unpaired) electrons. The minimum absolute atomic E-state index is 0.0282. The van der Waals surface area contributed by atoms with E-state index in [0.29, 0.717) is 18.7 Å². The second-order valence-electron chi connectivity index (χ2n) is 7.42. The van der Waals surface area contributed by atoms with E-state index >= 15 is 0 Å². The van der Waals surface area contributed by atoms with Crippen molar-refractivity contribution in [2.45, 2.75) is 56.5 Å². The summed E-state index contributed by atoms with van der Waals surface area (Å²) in [6, 6.07) is 5.48. The van der Waals surface area contributed by atoms with Crippen molar-refractivity contribution in [2.24, 2.45) is 5.14 Å². The fourth-order valence-electron chi connectivity index (χ4n) is 2.09. The molecule has 1 aromatic rings. The topological polar surface area (TPSA) is 116 Å². The average Bonchev–Trinajstić information content (AvgIpc) is 2.55. The molecule has 7 nitrogen and oxygen atoms in total. The fraction of sp³-hybridized carbons (Fsp3) is 0.556. The van der Waals surface area contributed by atoms with Gasteiger partial charge < -0.3 is 14.4 Å². The molecule has 0 saturated heterocycles. The Kier molecular flexibility index (Phi) is 8.67. The lowest BCUT2D eigenvalue weighted by Gasteiger charge is -2.33. The fourth-order valence-corrected chi connectivity index (χ4v) is 3.41. The maximum atomic E-state index is 12.2. The van der Waals surface area contributed by atoms with E-state index in [0.717, 1.165) is 25.7 Å². The van der Waals surface area contributed by atoms with Crippen molar-refractivity contribution < 1.29 is 22.3 Å². The molecule has 3 N–H and O–H groups in total. The monoisotopic (exact) mass is 417 g/mol. The Labute approximate surface area is 162 Å². The maximum absolute atomic E-state index is 12.2. The molecule has 9 heteroatoms. The number of sulfonamides is 1. The van der Waals surface area contributed by atoms with Crippen LogP contribution in [0.25, 0.3) is 0 Å². The molecule has 154 valence electrons. The zero-order valence-electron chi connectivity index (χ0n) is 16.2. The minimum Gasteiger partial charge on any atom is -0.352 e.